The van der Waals surface area contributed by atoms with Crippen molar-refractivity contribution in [2.75, 3.05) is 0 Å². The number of phenolic OH excluding ortho intramolecular Hbond substituents is 1. The van der Waals surface area contributed by atoms with Crippen LogP contribution in [-0.2, 0) is 14.4 Å². The molecule has 0 aromatic heterocycles. The third-order valence-electron chi connectivity index (χ3n) is 8.34. The summed E-state index contributed by atoms with van der Waals surface area (Å²) in [6.45, 7) is 0. The molecule has 5 aliphatic rings. The predicted octanol–water partition coefficient (Wildman–Crippen LogP) is 2.09. The standard InChI is InChI=1S/C30H25NO8/c31-29(38)23-20(33)12-18-25(34)22-17(11-13-8-9-14-4-1-2-5-15(14)10-13)16-6-3-7-19(32)21(16)26(35)24(22)28(37)30(18,39)27(23)36/h1-11,14-15,18,22,25,32,34-36,39H,12H2,(H2,31,38)/b17-11+/t14?,15?,18-,22-,25-,30-/m1/s1. The second-order valence-electron chi connectivity index (χ2n) is 10.4. The molecule has 1 aromatic carbocycles. The third-order valence-corrected chi connectivity index (χ3v) is 8.34. The van der Waals surface area contributed by atoms with Crippen LogP contribution >= 0.6 is 0 Å². The number of allylic oxidation sites excluding steroid dienone is 9. The Morgan fingerprint density at radius 2 is 1.77 bits per heavy atom. The number of hydrogen-bond acceptors (Lipinski definition) is 8. The molecule has 0 heterocycles. The molecule has 1 amide bonds. The first-order valence-corrected chi connectivity index (χ1v) is 12.5. The first-order valence-electron chi connectivity index (χ1n) is 12.5. The Morgan fingerprint density at radius 3 is 2.49 bits per heavy atom. The van der Waals surface area contributed by atoms with E-state index in [4.69, 9.17) is 5.73 Å². The number of aromatic hydroxyl groups is 1. The van der Waals surface area contributed by atoms with Gasteiger partial charge < -0.3 is 31.3 Å². The number of nitrogens with two attached hydrogens (primary N) is 1. The lowest BCUT2D eigenvalue weighted by molar-refractivity contribution is -0.157. The molecule has 5 aliphatic carbocycles. The van der Waals surface area contributed by atoms with Gasteiger partial charge in [-0.1, -0.05) is 60.7 Å². The molecule has 9 nitrogen and oxygen atoms in total. The van der Waals surface area contributed by atoms with E-state index < -0.39 is 70.1 Å². The van der Waals surface area contributed by atoms with E-state index in [1.54, 1.807) is 18.2 Å². The van der Waals surface area contributed by atoms with E-state index in [9.17, 15) is 39.9 Å². The van der Waals surface area contributed by atoms with Gasteiger partial charge in [0, 0.05) is 30.1 Å². The Morgan fingerprint density at radius 1 is 1.05 bits per heavy atom. The Bertz CT molecular complexity index is 1590. The molecule has 0 saturated heterocycles. The largest absolute Gasteiger partial charge is 0.508 e. The summed E-state index contributed by atoms with van der Waals surface area (Å²) in [5.41, 5.74) is 2.36. The zero-order chi connectivity index (χ0) is 27.8. The Labute approximate surface area is 222 Å². The van der Waals surface area contributed by atoms with Crippen LogP contribution in [-0.4, -0.2) is 54.7 Å². The highest BCUT2D eigenvalue weighted by Gasteiger charge is 2.64. The summed E-state index contributed by atoms with van der Waals surface area (Å²) in [7, 11) is 0. The number of rotatable bonds is 2. The Balaban J connectivity index is 1.58. The summed E-state index contributed by atoms with van der Waals surface area (Å²) in [6.07, 6.45) is 13.4. The molecule has 0 bridgehead atoms. The summed E-state index contributed by atoms with van der Waals surface area (Å²) >= 11 is 0. The molecular formula is C30H25NO8. The molecule has 39 heavy (non-hydrogen) atoms. The number of fused-ring (bicyclic) bond motifs is 4. The van der Waals surface area contributed by atoms with Gasteiger partial charge >= 0.3 is 0 Å². The van der Waals surface area contributed by atoms with Gasteiger partial charge in [0.2, 0.25) is 5.78 Å². The van der Waals surface area contributed by atoms with Crippen LogP contribution in [0, 0.1) is 23.7 Å². The normalized spacial score (nSPS) is 33.9. The number of aliphatic hydroxyl groups excluding tert-OH is 3. The van der Waals surface area contributed by atoms with Gasteiger partial charge in [0.25, 0.3) is 5.91 Å². The van der Waals surface area contributed by atoms with E-state index in [2.05, 4.69) is 6.08 Å². The summed E-state index contributed by atoms with van der Waals surface area (Å²) < 4.78 is 0. The van der Waals surface area contributed by atoms with E-state index in [0.717, 1.165) is 5.57 Å². The first-order chi connectivity index (χ1) is 18.6. The van der Waals surface area contributed by atoms with Gasteiger partial charge in [0.1, 0.15) is 22.8 Å². The number of Topliss-reactive ketones (excluding diaryl/α,β-unsaturated/α-hetero) is 2. The number of phenols is 1. The van der Waals surface area contributed by atoms with Gasteiger partial charge in [-0.05, 0) is 22.8 Å². The molecule has 7 N–H and O–H groups in total. The van der Waals surface area contributed by atoms with Gasteiger partial charge in [-0.3, -0.25) is 14.4 Å². The number of benzene rings is 1. The molecule has 198 valence electrons. The topological polar surface area (TPSA) is 178 Å². The number of amides is 1. The molecule has 6 atom stereocenters. The predicted molar refractivity (Wildman–Crippen MR) is 140 cm³/mol. The molecule has 1 saturated carbocycles. The first kappa shape index (κ1) is 24.8. The molecule has 0 spiro atoms. The van der Waals surface area contributed by atoms with Crippen LogP contribution in [0.25, 0.3) is 11.3 Å². The number of carbonyl (C=O) groups excluding carboxylic acids is 3. The summed E-state index contributed by atoms with van der Waals surface area (Å²) in [5.74, 6) is -8.22. The van der Waals surface area contributed by atoms with Crippen molar-refractivity contribution in [1.82, 2.24) is 0 Å². The van der Waals surface area contributed by atoms with E-state index in [1.807, 2.05) is 36.5 Å². The maximum absolute atomic E-state index is 13.9. The number of carbonyl (C=O) groups is 3. The van der Waals surface area contributed by atoms with Crippen LogP contribution in [0.3, 0.4) is 0 Å². The minimum absolute atomic E-state index is 0.0794. The van der Waals surface area contributed by atoms with Crippen molar-refractivity contribution in [2.45, 2.75) is 18.1 Å². The van der Waals surface area contributed by atoms with Crippen LogP contribution < -0.4 is 5.73 Å². The van der Waals surface area contributed by atoms with E-state index in [0.29, 0.717) is 11.1 Å². The minimum Gasteiger partial charge on any atom is -0.508 e. The lowest BCUT2D eigenvalue weighted by Crippen LogP contribution is -2.63. The lowest BCUT2D eigenvalue weighted by atomic mass is 9.56. The molecule has 9 heteroatoms. The average molecular weight is 528 g/mol. The molecule has 6 rings (SSSR count). The van der Waals surface area contributed by atoms with Gasteiger partial charge in [-0.25, -0.2) is 0 Å². The quantitative estimate of drug-likeness (QED) is 0.317. The maximum Gasteiger partial charge on any atom is 0.255 e. The summed E-state index contributed by atoms with van der Waals surface area (Å²) in [6, 6.07) is 4.50. The highest BCUT2D eigenvalue weighted by Crippen LogP contribution is 2.55. The molecule has 1 aromatic rings. The molecular weight excluding hydrogens is 502 g/mol. The van der Waals surface area contributed by atoms with Crippen LogP contribution in [0.2, 0.25) is 0 Å². The SMILES string of the molecule is NC(=O)C1=C(O)[C@@]2(O)C(=O)C3=C(O)c4c(O)cccc4/C(=C\C4=CC5C=CC=CC5C=C4)[C@H]3[C@H](O)[C@H]2CC1=O. The van der Waals surface area contributed by atoms with Crippen molar-refractivity contribution in [3.8, 4) is 5.75 Å². The smallest absolute Gasteiger partial charge is 0.255 e. The van der Waals surface area contributed by atoms with Gasteiger partial charge in [-0.15, -0.1) is 0 Å². The van der Waals surface area contributed by atoms with E-state index in [1.165, 1.54) is 6.07 Å². The minimum atomic E-state index is -2.89. The number of ketones is 2. The van der Waals surface area contributed by atoms with E-state index >= 15 is 0 Å². The van der Waals surface area contributed by atoms with Crippen molar-refractivity contribution < 1.29 is 39.9 Å². The van der Waals surface area contributed by atoms with Gasteiger partial charge in [-0.2, -0.15) is 0 Å². The monoisotopic (exact) mass is 527 g/mol. The number of hydrogen-bond donors (Lipinski definition) is 6. The fourth-order valence-electron chi connectivity index (χ4n) is 6.47. The number of aliphatic hydroxyl groups is 4. The van der Waals surface area contributed by atoms with Crippen molar-refractivity contribution in [2.24, 2.45) is 29.4 Å². The molecule has 2 unspecified atom stereocenters. The second-order valence-corrected chi connectivity index (χ2v) is 10.4. The summed E-state index contributed by atoms with van der Waals surface area (Å²) in [5, 5.41) is 55.9. The number of primary amides is 1. The molecule has 1 fully saturated rings. The average Bonchev–Trinajstić information content (AvgIpc) is 2.90. The highest BCUT2D eigenvalue weighted by molar-refractivity contribution is 6.23. The Kier molecular flexibility index (Phi) is 5.43. The zero-order valence-corrected chi connectivity index (χ0v) is 20.5. The van der Waals surface area contributed by atoms with Crippen LogP contribution in [0.1, 0.15) is 17.5 Å². The third kappa shape index (κ3) is 3.36. The summed E-state index contributed by atoms with van der Waals surface area (Å²) in [4.78, 5) is 38.5. The fourth-order valence-corrected chi connectivity index (χ4v) is 6.47. The van der Waals surface area contributed by atoms with Crippen LogP contribution in [0.4, 0.5) is 0 Å². The highest BCUT2D eigenvalue weighted by atomic mass is 16.4. The van der Waals surface area contributed by atoms with Gasteiger partial charge in [0.15, 0.2) is 11.4 Å². The van der Waals surface area contributed by atoms with Crippen molar-refractivity contribution >= 4 is 28.8 Å². The van der Waals surface area contributed by atoms with Crippen LogP contribution in [0.15, 0.2) is 89.3 Å². The second kappa shape index (κ2) is 8.52. The maximum atomic E-state index is 13.9. The zero-order valence-electron chi connectivity index (χ0n) is 20.5. The Hall–Kier alpha value is -4.47. The molecule has 0 radical (unpaired) electrons. The van der Waals surface area contributed by atoms with E-state index in [-0.39, 0.29) is 23.1 Å². The molecule has 0 aliphatic heterocycles. The van der Waals surface area contributed by atoms with Crippen molar-refractivity contribution in [3.05, 3.63) is 100 Å². The fraction of sp³-hybridized carbons (Fsp3) is 0.233. The van der Waals surface area contributed by atoms with Crippen molar-refractivity contribution in [1.29, 1.82) is 0 Å². The lowest BCUT2D eigenvalue weighted by Gasteiger charge is -2.49. The van der Waals surface area contributed by atoms with Crippen molar-refractivity contribution in [3.63, 3.8) is 0 Å². The van der Waals surface area contributed by atoms with Gasteiger partial charge in [0.05, 0.1) is 17.2 Å². The van der Waals surface area contributed by atoms with Crippen LogP contribution in [0.5, 0.6) is 5.75 Å².